The number of rotatable bonds is 3. The lowest BCUT2D eigenvalue weighted by Crippen LogP contribution is -2.21. The van der Waals surface area contributed by atoms with E-state index in [1.165, 1.54) is 0 Å². The third-order valence-corrected chi connectivity index (χ3v) is 4.48. The highest BCUT2D eigenvalue weighted by Crippen LogP contribution is 2.29. The standard InChI is InChI=1S/C20H16N4O2/c1-3-7-14(8-4-1)18-12-24-16(13-25-18)11-17(22-24)20-21-19(23-26-20)15-9-5-2-6-10-15/h1-11,18H,12-13H2/t18-/m0/s1. The minimum atomic E-state index is -0.000912. The maximum atomic E-state index is 5.99. The molecule has 128 valence electrons. The highest BCUT2D eigenvalue weighted by molar-refractivity contribution is 5.57. The van der Waals surface area contributed by atoms with Crippen LogP contribution in [0, 0.1) is 0 Å². The van der Waals surface area contributed by atoms with Gasteiger partial charge in [-0.2, -0.15) is 10.1 Å². The average Bonchev–Trinajstić information content (AvgIpc) is 3.36. The second kappa shape index (κ2) is 6.24. The fourth-order valence-electron chi connectivity index (χ4n) is 3.13. The molecule has 0 spiro atoms. The Morgan fingerprint density at radius 2 is 1.73 bits per heavy atom. The molecule has 3 heterocycles. The first-order chi connectivity index (χ1) is 12.9. The molecule has 0 bridgehead atoms. The molecule has 1 atom stereocenters. The van der Waals surface area contributed by atoms with Crippen LogP contribution in [0.4, 0.5) is 0 Å². The summed E-state index contributed by atoms with van der Waals surface area (Å²) in [6.07, 6.45) is -0.000912. The highest BCUT2D eigenvalue weighted by atomic mass is 16.5. The summed E-state index contributed by atoms with van der Waals surface area (Å²) in [5, 5.41) is 8.71. The molecule has 6 heteroatoms. The van der Waals surface area contributed by atoms with Crippen molar-refractivity contribution in [1.29, 1.82) is 0 Å². The average molecular weight is 344 g/mol. The Morgan fingerprint density at radius 1 is 0.962 bits per heavy atom. The fourth-order valence-corrected chi connectivity index (χ4v) is 3.13. The van der Waals surface area contributed by atoms with Crippen LogP contribution in [-0.2, 0) is 17.9 Å². The van der Waals surface area contributed by atoms with E-state index in [0.29, 0.717) is 30.6 Å². The van der Waals surface area contributed by atoms with Gasteiger partial charge in [-0.1, -0.05) is 65.8 Å². The summed E-state index contributed by atoms with van der Waals surface area (Å²) in [5.74, 6) is 0.979. The first-order valence-corrected chi connectivity index (χ1v) is 8.49. The van der Waals surface area contributed by atoms with Gasteiger partial charge in [0.05, 0.1) is 18.8 Å². The maximum Gasteiger partial charge on any atom is 0.278 e. The van der Waals surface area contributed by atoms with Gasteiger partial charge in [0.1, 0.15) is 6.10 Å². The van der Waals surface area contributed by atoms with E-state index in [1.807, 2.05) is 59.3 Å². The van der Waals surface area contributed by atoms with E-state index >= 15 is 0 Å². The van der Waals surface area contributed by atoms with Crippen molar-refractivity contribution >= 4 is 0 Å². The zero-order valence-corrected chi connectivity index (χ0v) is 13.9. The Balaban J connectivity index is 1.42. The summed E-state index contributed by atoms with van der Waals surface area (Å²) in [7, 11) is 0. The molecule has 0 aliphatic carbocycles. The molecular weight excluding hydrogens is 328 g/mol. The lowest BCUT2D eigenvalue weighted by atomic mass is 10.1. The van der Waals surface area contributed by atoms with E-state index in [-0.39, 0.29) is 6.10 Å². The summed E-state index contributed by atoms with van der Waals surface area (Å²) < 4.78 is 13.4. The predicted octanol–water partition coefficient (Wildman–Crippen LogP) is 3.87. The minimum absolute atomic E-state index is 0.000912. The maximum absolute atomic E-state index is 5.99. The molecule has 6 nitrogen and oxygen atoms in total. The van der Waals surface area contributed by atoms with Crippen molar-refractivity contribution in [3.05, 3.63) is 78.0 Å². The van der Waals surface area contributed by atoms with E-state index in [0.717, 1.165) is 16.8 Å². The van der Waals surface area contributed by atoms with Crippen LogP contribution in [-0.4, -0.2) is 19.9 Å². The normalized spacial score (nSPS) is 16.4. The van der Waals surface area contributed by atoms with E-state index in [4.69, 9.17) is 9.26 Å². The molecule has 1 aliphatic heterocycles. The van der Waals surface area contributed by atoms with Gasteiger partial charge in [0, 0.05) is 5.56 Å². The van der Waals surface area contributed by atoms with Crippen LogP contribution in [0.25, 0.3) is 23.0 Å². The summed E-state index contributed by atoms with van der Waals surface area (Å²) in [6, 6.07) is 21.9. The first kappa shape index (κ1) is 15.0. The number of hydrogen-bond donors (Lipinski definition) is 0. The Bertz CT molecular complexity index is 1020. The molecule has 2 aromatic heterocycles. The van der Waals surface area contributed by atoms with Crippen molar-refractivity contribution in [3.8, 4) is 23.0 Å². The minimum Gasteiger partial charge on any atom is -0.365 e. The monoisotopic (exact) mass is 344 g/mol. The summed E-state index contributed by atoms with van der Waals surface area (Å²) >= 11 is 0. The molecule has 2 aromatic carbocycles. The first-order valence-electron chi connectivity index (χ1n) is 8.49. The number of hydrogen-bond acceptors (Lipinski definition) is 5. The number of fused-ring (bicyclic) bond motifs is 1. The molecule has 0 amide bonds. The Kier molecular flexibility index (Phi) is 3.61. The molecule has 4 aromatic rings. The second-order valence-electron chi connectivity index (χ2n) is 6.20. The van der Waals surface area contributed by atoms with Crippen LogP contribution in [0.3, 0.4) is 0 Å². The number of aromatic nitrogens is 4. The molecule has 0 saturated carbocycles. The van der Waals surface area contributed by atoms with Gasteiger partial charge in [-0.25, -0.2) is 0 Å². The van der Waals surface area contributed by atoms with Gasteiger partial charge in [-0.3, -0.25) is 4.68 Å². The number of nitrogens with zero attached hydrogens (tertiary/aromatic N) is 4. The fraction of sp³-hybridized carbons (Fsp3) is 0.150. The molecule has 0 fully saturated rings. The van der Waals surface area contributed by atoms with Gasteiger partial charge in [-0.15, -0.1) is 0 Å². The molecule has 5 rings (SSSR count). The van der Waals surface area contributed by atoms with Gasteiger partial charge in [-0.05, 0) is 11.6 Å². The Morgan fingerprint density at radius 3 is 2.54 bits per heavy atom. The van der Waals surface area contributed by atoms with Gasteiger partial charge in [0.15, 0.2) is 5.69 Å². The third kappa shape index (κ3) is 2.70. The topological polar surface area (TPSA) is 66.0 Å². The predicted molar refractivity (Wildman–Crippen MR) is 94.9 cm³/mol. The van der Waals surface area contributed by atoms with Gasteiger partial charge < -0.3 is 9.26 Å². The van der Waals surface area contributed by atoms with Crippen LogP contribution in [0.2, 0.25) is 0 Å². The number of ether oxygens (including phenoxy) is 1. The molecule has 0 unspecified atom stereocenters. The quantitative estimate of drug-likeness (QED) is 0.564. The Hall–Kier alpha value is -3.25. The van der Waals surface area contributed by atoms with Gasteiger partial charge >= 0.3 is 0 Å². The van der Waals surface area contributed by atoms with Crippen LogP contribution in [0.15, 0.2) is 71.3 Å². The van der Waals surface area contributed by atoms with Gasteiger partial charge in [0.2, 0.25) is 5.82 Å². The highest BCUT2D eigenvalue weighted by Gasteiger charge is 2.24. The van der Waals surface area contributed by atoms with Crippen molar-refractivity contribution in [3.63, 3.8) is 0 Å². The Labute approximate surface area is 150 Å². The second-order valence-corrected chi connectivity index (χ2v) is 6.20. The molecule has 0 radical (unpaired) electrons. The molecule has 0 saturated heterocycles. The zero-order valence-electron chi connectivity index (χ0n) is 13.9. The molecule has 26 heavy (non-hydrogen) atoms. The van der Waals surface area contributed by atoms with Crippen molar-refractivity contribution < 1.29 is 9.26 Å². The van der Waals surface area contributed by atoms with E-state index in [1.54, 1.807) is 0 Å². The third-order valence-electron chi connectivity index (χ3n) is 4.48. The number of benzene rings is 2. The smallest absolute Gasteiger partial charge is 0.278 e. The van der Waals surface area contributed by atoms with Crippen LogP contribution in [0.5, 0.6) is 0 Å². The largest absolute Gasteiger partial charge is 0.365 e. The lowest BCUT2D eigenvalue weighted by Gasteiger charge is -2.24. The van der Waals surface area contributed by atoms with E-state index in [2.05, 4.69) is 27.4 Å². The van der Waals surface area contributed by atoms with Crippen molar-refractivity contribution in [2.75, 3.05) is 0 Å². The van der Waals surface area contributed by atoms with Crippen molar-refractivity contribution in [1.82, 2.24) is 19.9 Å². The summed E-state index contributed by atoms with van der Waals surface area (Å²) in [6.45, 7) is 1.17. The van der Waals surface area contributed by atoms with Crippen molar-refractivity contribution in [2.45, 2.75) is 19.3 Å². The van der Waals surface area contributed by atoms with Gasteiger partial charge in [0.25, 0.3) is 5.89 Å². The lowest BCUT2D eigenvalue weighted by molar-refractivity contribution is -0.00113. The summed E-state index contributed by atoms with van der Waals surface area (Å²) in [5.41, 5.74) is 3.75. The SMILES string of the molecule is c1ccc(-c2noc(-c3cc4n(n3)C[C@@H](c3ccccc3)OC4)n2)cc1. The summed E-state index contributed by atoms with van der Waals surface area (Å²) in [4.78, 5) is 4.48. The molecular formula is C20H16N4O2. The zero-order chi connectivity index (χ0) is 17.3. The van der Waals surface area contributed by atoms with E-state index in [9.17, 15) is 0 Å². The molecule has 1 aliphatic rings. The van der Waals surface area contributed by atoms with Crippen molar-refractivity contribution in [2.24, 2.45) is 0 Å². The van der Waals surface area contributed by atoms with Crippen LogP contribution >= 0.6 is 0 Å². The molecule has 0 N–H and O–H groups in total. The van der Waals surface area contributed by atoms with Crippen LogP contribution < -0.4 is 0 Å². The van der Waals surface area contributed by atoms with E-state index < -0.39 is 0 Å². The van der Waals surface area contributed by atoms with Crippen LogP contribution in [0.1, 0.15) is 17.4 Å².